The van der Waals surface area contributed by atoms with Crippen molar-refractivity contribution in [1.29, 1.82) is 0 Å². The number of sulfone groups is 1. The first-order valence-corrected chi connectivity index (χ1v) is 17.9. The Morgan fingerprint density at radius 1 is 0.848 bits per heavy atom. The number of aryl methyl sites for hydroxylation is 1. The monoisotopic (exact) mass is 677 g/mol. The van der Waals surface area contributed by atoms with Crippen molar-refractivity contribution in [3.05, 3.63) is 64.7 Å². The normalized spacial score (nSPS) is 18.2. The second kappa shape index (κ2) is 15.5. The van der Waals surface area contributed by atoms with Crippen LogP contribution in [-0.2, 0) is 16.3 Å². The molecule has 1 fully saturated rings. The molecule has 0 saturated carbocycles. The molecule has 46 heavy (non-hydrogen) atoms. The van der Waals surface area contributed by atoms with E-state index in [0.29, 0.717) is 18.4 Å². The fourth-order valence-corrected chi connectivity index (χ4v) is 8.11. The number of aromatic hydroxyl groups is 1. The standard InChI is InChI=1S/C34H42F7NO3S/c35-26-20-25(21-27(36)23-26)30-12-5-8-24-22-29(43)13-14-31(24)32(30)11-3-1-2-4-16-42-17-6-9-28(42)10-7-18-46(44,45)19-15-33(37,38)34(39,40)41/h13-14,20-23,28,43H,1-12,15-19H2. The number of rotatable bonds is 15. The first kappa shape index (κ1) is 36.2. The lowest BCUT2D eigenvalue weighted by Gasteiger charge is -2.24. The first-order valence-electron chi connectivity index (χ1n) is 16.0. The Morgan fingerprint density at radius 3 is 2.28 bits per heavy atom. The van der Waals surface area contributed by atoms with Crippen LogP contribution in [0.25, 0.3) is 11.1 Å². The molecule has 0 amide bonds. The number of phenols is 1. The van der Waals surface area contributed by atoms with Crippen LogP contribution in [0.1, 0.15) is 93.7 Å². The molecule has 0 aromatic heterocycles. The van der Waals surface area contributed by atoms with Crippen molar-refractivity contribution < 1.29 is 44.3 Å². The molecule has 4 rings (SSSR count). The molecule has 12 heteroatoms. The van der Waals surface area contributed by atoms with Gasteiger partial charge in [0.1, 0.15) is 17.4 Å². The van der Waals surface area contributed by atoms with E-state index < -0.39 is 51.5 Å². The number of alkyl halides is 5. The summed E-state index contributed by atoms with van der Waals surface area (Å²) in [5, 5.41) is 10.1. The van der Waals surface area contributed by atoms with Crippen LogP contribution in [0.15, 0.2) is 36.4 Å². The summed E-state index contributed by atoms with van der Waals surface area (Å²) >= 11 is 0. The molecule has 2 aliphatic rings. The Bertz CT molecular complexity index is 1450. The minimum Gasteiger partial charge on any atom is -0.508 e. The molecular formula is C34H42F7NO3S. The number of nitrogens with zero attached hydrogens (tertiary/aromatic N) is 1. The van der Waals surface area contributed by atoms with Gasteiger partial charge in [-0.15, -0.1) is 0 Å². The molecule has 1 N–H and O–H groups in total. The van der Waals surface area contributed by atoms with Gasteiger partial charge in [0.2, 0.25) is 0 Å². The third kappa shape index (κ3) is 9.95. The number of phenolic OH excluding ortho intramolecular Hbond substituents is 1. The van der Waals surface area contributed by atoms with Crippen LogP contribution in [0.5, 0.6) is 5.75 Å². The van der Waals surface area contributed by atoms with E-state index in [1.54, 1.807) is 12.1 Å². The van der Waals surface area contributed by atoms with Gasteiger partial charge < -0.3 is 10.0 Å². The molecule has 2 aromatic rings. The maximum atomic E-state index is 14.1. The second-order valence-electron chi connectivity index (χ2n) is 12.6. The molecule has 0 spiro atoms. The van der Waals surface area contributed by atoms with E-state index in [9.17, 15) is 44.3 Å². The fourth-order valence-electron chi connectivity index (χ4n) is 6.74. The zero-order chi connectivity index (χ0) is 33.5. The number of hydrogen-bond donors (Lipinski definition) is 1. The Hall–Kier alpha value is -2.60. The van der Waals surface area contributed by atoms with Crippen molar-refractivity contribution in [2.24, 2.45) is 0 Å². The van der Waals surface area contributed by atoms with Crippen LogP contribution in [-0.4, -0.2) is 61.2 Å². The third-order valence-corrected chi connectivity index (χ3v) is 10.9. The van der Waals surface area contributed by atoms with Crippen LogP contribution in [0.2, 0.25) is 0 Å². The summed E-state index contributed by atoms with van der Waals surface area (Å²) in [6, 6.07) is 9.06. The zero-order valence-corrected chi connectivity index (χ0v) is 26.6. The Labute approximate surface area is 266 Å². The summed E-state index contributed by atoms with van der Waals surface area (Å²) in [6.07, 6.45) is 1.70. The smallest absolute Gasteiger partial charge is 0.453 e. The second-order valence-corrected chi connectivity index (χ2v) is 14.9. The summed E-state index contributed by atoms with van der Waals surface area (Å²) in [4.78, 5) is 2.30. The lowest BCUT2D eigenvalue weighted by Crippen LogP contribution is -2.38. The summed E-state index contributed by atoms with van der Waals surface area (Å²) < 4.78 is 116. The van der Waals surface area contributed by atoms with E-state index in [2.05, 4.69) is 4.90 Å². The molecule has 1 aliphatic heterocycles. The number of allylic oxidation sites excluding steroid dienone is 2. The van der Waals surface area contributed by atoms with E-state index in [-0.39, 0.29) is 18.2 Å². The molecular weight excluding hydrogens is 635 g/mol. The maximum absolute atomic E-state index is 14.1. The number of halogens is 7. The first-order chi connectivity index (χ1) is 21.6. The minimum absolute atomic E-state index is 0.157. The Morgan fingerprint density at radius 2 is 1.57 bits per heavy atom. The van der Waals surface area contributed by atoms with Crippen molar-refractivity contribution >= 4 is 21.0 Å². The Balaban J connectivity index is 1.26. The molecule has 2 aromatic carbocycles. The van der Waals surface area contributed by atoms with Gasteiger partial charge in [0.05, 0.1) is 11.5 Å². The lowest BCUT2D eigenvalue weighted by atomic mass is 9.89. The number of likely N-dealkylation sites (tertiary alicyclic amines) is 1. The highest BCUT2D eigenvalue weighted by atomic mass is 32.2. The number of benzene rings is 2. The van der Waals surface area contributed by atoms with Crippen molar-refractivity contribution in [1.82, 2.24) is 4.90 Å². The lowest BCUT2D eigenvalue weighted by molar-refractivity contribution is -0.282. The average Bonchev–Trinajstić information content (AvgIpc) is 3.32. The highest BCUT2D eigenvalue weighted by Crippen LogP contribution is 2.40. The Kier molecular flexibility index (Phi) is 12.2. The SMILES string of the molecule is O=S(=O)(CCCC1CCCN1CCCCCCC1=C(c2cc(F)cc(F)c2)CCCc2cc(O)ccc21)CCC(F)(F)C(F)(F)F. The van der Waals surface area contributed by atoms with E-state index >= 15 is 0 Å². The van der Waals surface area contributed by atoms with Crippen molar-refractivity contribution in [3.8, 4) is 5.75 Å². The minimum atomic E-state index is -5.76. The summed E-state index contributed by atoms with van der Waals surface area (Å²) in [5.74, 6) is -7.68. The zero-order valence-electron chi connectivity index (χ0n) is 25.8. The van der Waals surface area contributed by atoms with Gasteiger partial charge in [-0.1, -0.05) is 18.9 Å². The molecule has 0 bridgehead atoms. The summed E-state index contributed by atoms with van der Waals surface area (Å²) in [6.45, 7) is 1.70. The van der Waals surface area contributed by atoms with Gasteiger partial charge in [-0.25, -0.2) is 17.2 Å². The number of fused-ring (bicyclic) bond motifs is 1. The fraction of sp³-hybridized carbons (Fsp3) is 0.588. The summed E-state index contributed by atoms with van der Waals surface area (Å²) in [7, 11) is -4.02. The van der Waals surface area contributed by atoms with Crippen molar-refractivity contribution in [2.75, 3.05) is 24.6 Å². The molecule has 1 saturated heterocycles. The molecule has 1 unspecified atom stereocenters. The third-order valence-electron chi connectivity index (χ3n) is 9.12. The largest absolute Gasteiger partial charge is 0.508 e. The maximum Gasteiger partial charge on any atom is 0.453 e. The van der Waals surface area contributed by atoms with Crippen LogP contribution in [0.4, 0.5) is 30.7 Å². The van der Waals surface area contributed by atoms with E-state index in [0.717, 1.165) is 99.2 Å². The molecule has 0 radical (unpaired) electrons. The van der Waals surface area contributed by atoms with Gasteiger partial charge in [-0.05, 0) is 129 Å². The van der Waals surface area contributed by atoms with Gasteiger partial charge in [0.15, 0.2) is 9.84 Å². The number of unbranched alkanes of at least 4 members (excludes halogenated alkanes) is 3. The topological polar surface area (TPSA) is 57.6 Å². The van der Waals surface area contributed by atoms with Gasteiger partial charge in [-0.3, -0.25) is 0 Å². The average molecular weight is 678 g/mol. The highest BCUT2D eigenvalue weighted by molar-refractivity contribution is 7.91. The number of hydrogen-bond acceptors (Lipinski definition) is 4. The molecule has 4 nitrogen and oxygen atoms in total. The van der Waals surface area contributed by atoms with Crippen LogP contribution < -0.4 is 0 Å². The van der Waals surface area contributed by atoms with E-state index in [4.69, 9.17) is 0 Å². The summed E-state index contributed by atoms with van der Waals surface area (Å²) in [5.41, 5.74) is 4.55. The quantitative estimate of drug-likeness (QED) is 0.151. The van der Waals surface area contributed by atoms with Crippen LogP contribution in [0, 0.1) is 11.6 Å². The predicted molar refractivity (Wildman–Crippen MR) is 165 cm³/mol. The van der Waals surface area contributed by atoms with E-state index in [1.165, 1.54) is 12.1 Å². The van der Waals surface area contributed by atoms with E-state index in [1.807, 2.05) is 6.07 Å². The molecule has 1 heterocycles. The molecule has 256 valence electrons. The highest BCUT2D eigenvalue weighted by Gasteiger charge is 2.57. The van der Waals surface area contributed by atoms with Gasteiger partial charge >= 0.3 is 12.1 Å². The predicted octanol–water partition coefficient (Wildman–Crippen LogP) is 9.12. The van der Waals surface area contributed by atoms with Gasteiger partial charge in [0.25, 0.3) is 0 Å². The molecule has 1 atom stereocenters. The van der Waals surface area contributed by atoms with Gasteiger partial charge in [-0.2, -0.15) is 22.0 Å². The van der Waals surface area contributed by atoms with Crippen molar-refractivity contribution in [2.45, 2.75) is 102 Å². The van der Waals surface area contributed by atoms with Gasteiger partial charge in [0, 0.05) is 18.5 Å². The van der Waals surface area contributed by atoms with Crippen molar-refractivity contribution in [3.63, 3.8) is 0 Å². The molecule has 1 aliphatic carbocycles. The van der Waals surface area contributed by atoms with Crippen LogP contribution in [0.3, 0.4) is 0 Å². The van der Waals surface area contributed by atoms with Crippen LogP contribution >= 0.6 is 0 Å².